The Morgan fingerprint density at radius 2 is 1.79 bits per heavy atom. The van der Waals surface area contributed by atoms with E-state index in [0.29, 0.717) is 6.04 Å². The summed E-state index contributed by atoms with van der Waals surface area (Å²) < 4.78 is 7.80. The molecule has 3 heteroatoms. The van der Waals surface area contributed by atoms with Crippen molar-refractivity contribution in [1.29, 1.82) is 0 Å². The molecule has 0 amide bonds. The van der Waals surface area contributed by atoms with Gasteiger partial charge in [0.05, 0.1) is 7.11 Å². The molecule has 0 fully saturated rings. The lowest BCUT2D eigenvalue weighted by Gasteiger charge is -2.16. The molecule has 1 heterocycles. The van der Waals surface area contributed by atoms with Gasteiger partial charge in [0.25, 0.3) is 0 Å². The average molecular weight is 370 g/mol. The van der Waals surface area contributed by atoms with Gasteiger partial charge in [0, 0.05) is 36.9 Å². The molecular formula is C25H26N2O. The quantitative estimate of drug-likeness (QED) is 0.471. The van der Waals surface area contributed by atoms with Gasteiger partial charge < -0.3 is 14.6 Å². The van der Waals surface area contributed by atoms with Crippen LogP contribution < -0.4 is 10.1 Å². The molecule has 0 aliphatic rings. The van der Waals surface area contributed by atoms with Crippen molar-refractivity contribution < 1.29 is 4.74 Å². The molecule has 0 aliphatic carbocycles. The van der Waals surface area contributed by atoms with Crippen LogP contribution in [0, 0.1) is 0 Å². The zero-order chi connectivity index (χ0) is 19.5. The Bertz CT molecular complexity index is 1080. The molecule has 3 nitrogen and oxygen atoms in total. The highest BCUT2D eigenvalue weighted by molar-refractivity contribution is 5.86. The molecule has 0 saturated carbocycles. The number of rotatable bonds is 6. The van der Waals surface area contributed by atoms with Crippen molar-refractivity contribution >= 4 is 10.9 Å². The van der Waals surface area contributed by atoms with Crippen molar-refractivity contribution in [2.75, 3.05) is 7.11 Å². The normalized spacial score (nSPS) is 12.2. The van der Waals surface area contributed by atoms with Gasteiger partial charge in [0.1, 0.15) is 5.75 Å². The highest BCUT2D eigenvalue weighted by Gasteiger charge is 2.10. The third-order valence-electron chi connectivity index (χ3n) is 5.37. The summed E-state index contributed by atoms with van der Waals surface area (Å²) in [6.45, 7) is 3.00. The SMILES string of the molecule is COc1ccc(CN[C@H](C)c2ccccc2)cc1-c1ccc2ccn(C)c2c1. The zero-order valence-electron chi connectivity index (χ0n) is 16.6. The predicted octanol–water partition coefficient (Wildman–Crippen LogP) is 5.70. The lowest BCUT2D eigenvalue weighted by molar-refractivity contribution is 0.416. The molecule has 1 N–H and O–H groups in total. The van der Waals surface area contributed by atoms with Crippen LogP contribution in [0.5, 0.6) is 5.75 Å². The van der Waals surface area contributed by atoms with Gasteiger partial charge in [-0.05, 0) is 53.3 Å². The minimum atomic E-state index is 0.298. The van der Waals surface area contributed by atoms with Gasteiger partial charge in [-0.25, -0.2) is 0 Å². The van der Waals surface area contributed by atoms with Crippen LogP contribution in [0.25, 0.3) is 22.0 Å². The van der Waals surface area contributed by atoms with E-state index in [-0.39, 0.29) is 0 Å². The molecule has 0 saturated heterocycles. The lowest BCUT2D eigenvalue weighted by Crippen LogP contribution is -2.18. The van der Waals surface area contributed by atoms with E-state index in [4.69, 9.17) is 4.74 Å². The van der Waals surface area contributed by atoms with E-state index in [1.54, 1.807) is 7.11 Å². The van der Waals surface area contributed by atoms with Crippen LogP contribution in [0.4, 0.5) is 0 Å². The fourth-order valence-corrected chi connectivity index (χ4v) is 3.65. The smallest absolute Gasteiger partial charge is 0.126 e. The van der Waals surface area contributed by atoms with E-state index >= 15 is 0 Å². The number of hydrogen-bond acceptors (Lipinski definition) is 2. The number of aromatic nitrogens is 1. The topological polar surface area (TPSA) is 26.2 Å². The molecule has 142 valence electrons. The Kier molecular flexibility index (Phi) is 5.18. The number of nitrogens with zero attached hydrogens (tertiary/aromatic N) is 1. The first-order valence-corrected chi connectivity index (χ1v) is 9.66. The van der Waals surface area contributed by atoms with Crippen molar-refractivity contribution in [1.82, 2.24) is 9.88 Å². The molecule has 0 bridgehead atoms. The highest BCUT2D eigenvalue weighted by atomic mass is 16.5. The summed E-state index contributed by atoms with van der Waals surface area (Å²) in [6, 6.07) is 26.0. The third-order valence-corrected chi connectivity index (χ3v) is 5.37. The fraction of sp³-hybridized carbons (Fsp3) is 0.200. The van der Waals surface area contributed by atoms with E-state index < -0.39 is 0 Å². The van der Waals surface area contributed by atoms with Gasteiger partial charge in [-0.15, -0.1) is 0 Å². The van der Waals surface area contributed by atoms with Crippen LogP contribution in [0.15, 0.2) is 79.0 Å². The molecule has 1 atom stereocenters. The maximum absolute atomic E-state index is 5.65. The van der Waals surface area contributed by atoms with Crippen LogP contribution in [0.1, 0.15) is 24.1 Å². The number of ether oxygens (including phenoxy) is 1. The second-order valence-corrected chi connectivity index (χ2v) is 7.25. The van der Waals surface area contributed by atoms with Gasteiger partial charge in [-0.3, -0.25) is 0 Å². The monoisotopic (exact) mass is 370 g/mol. The number of nitrogens with one attached hydrogen (secondary N) is 1. The van der Waals surface area contributed by atoms with E-state index in [1.165, 1.54) is 27.6 Å². The molecule has 28 heavy (non-hydrogen) atoms. The lowest BCUT2D eigenvalue weighted by atomic mass is 10.0. The molecular weight excluding hydrogens is 344 g/mol. The van der Waals surface area contributed by atoms with E-state index in [9.17, 15) is 0 Å². The Labute approximate surface area is 166 Å². The van der Waals surface area contributed by atoms with Crippen molar-refractivity contribution in [3.8, 4) is 16.9 Å². The average Bonchev–Trinajstić information content (AvgIpc) is 3.12. The molecule has 1 aromatic heterocycles. The van der Waals surface area contributed by atoms with Gasteiger partial charge in [-0.1, -0.05) is 48.5 Å². The summed E-state index contributed by atoms with van der Waals surface area (Å²) >= 11 is 0. The Hall–Kier alpha value is -3.04. The highest BCUT2D eigenvalue weighted by Crippen LogP contribution is 2.33. The molecule has 3 aromatic carbocycles. The van der Waals surface area contributed by atoms with Crippen LogP contribution >= 0.6 is 0 Å². The van der Waals surface area contributed by atoms with Gasteiger partial charge in [0.2, 0.25) is 0 Å². The third kappa shape index (κ3) is 3.67. The predicted molar refractivity (Wildman–Crippen MR) is 117 cm³/mol. The maximum atomic E-state index is 5.65. The first kappa shape index (κ1) is 18.3. The van der Waals surface area contributed by atoms with E-state index in [2.05, 4.69) is 103 Å². The van der Waals surface area contributed by atoms with Gasteiger partial charge in [0.15, 0.2) is 0 Å². The Morgan fingerprint density at radius 3 is 2.57 bits per heavy atom. The molecule has 0 unspecified atom stereocenters. The van der Waals surface area contributed by atoms with Crippen molar-refractivity contribution in [2.24, 2.45) is 7.05 Å². The maximum Gasteiger partial charge on any atom is 0.126 e. The zero-order valence-corrected chi connectivity index (χ0v) is 16.6. The second-order valence-electron chi connectivity index (χ2n) is 7.25. The van der Waals surface area contributed by atoms with Crippen molar-refractivity contribution in [2.45, 2.75) is 19.5 Å². The van der Waals surface area contributed by atoms with Crippen molar-refractivity contribution in [3.63, 3.8) is 0 Å². The minimum absolute atomic E-state index is 0.298. The molecule has 4 aromatic rings. The van der Waals surface area contributed by atoms with Crippen LogP contribution in [0.3, 0.4) is 0 Å². The summed E-state index contributed by atoms with van der Waals surface area (Å²) in [6.07, 6.45) is 2.09. The van der Waals surface area contributed by atoms with E-state index in [1.807, 2.05) is 0 Å². The number of fused-ring (bicyclic) bond motifs is 1. The molecule has 0 aliphatic heterocycles. The van der Waals surface area contributed by atoms with Gasteiger partial charge in [-0.2, -0.15) is 0 Å². The van der Waals surface area contributed by atoms with Crippen LogP contribution in [0.2, 0.25) is 0 Å². The molecule has 0 spiro atoms. The number of aryl methyl sites for hydroxylation is 1. The fourth-order valence-electron chi connectivity index (χ4n) is 3.65. The number of hydrogen-bond donors (Lipinski definition) is 1. The first-order chi connectivity index (χ1) is 13.7. The second kappa shape index (κ2) is 7.91. The largest absolute Gasteiger partial charge is 0.496 e. The summed E-state index contributed by atoms with van der Waals surface area (Å²) in [7, 11) is 3.81. The number of methoxy groups -OCH3 is 1. The molecule has 4 rings (SSSR count). The Balaban J connectivity index is 1.61. The summed E-state index contributed by atoms with van der Waals surface area (Å²) in [5.41, 5.74) is 6.05. The standard InChI is InChI=1S/C25H26N2O/c1-18(20-7-5-4-6-8-20)26-17-19-9-12-25(28-3)23(15-19)22-11-10-21-13-14-27(2)24(21)16-22/h4-16,18,26H,17H2,1-3H3/t18-/m1/s1. The minimum Gasteiger partial charge on any atom is -0.496 e. The summed E-state index contributed by atoms with van der Waals surface area (Å²) in [5.74, 6) is 0.897. The van der Waals surface area contributed by atoms with Crippen LogP contribution in [-0.2, 0) is 13.6 Å². The molecule has 0 radical (unpaired) electrons. The van der Waals surface area contributed by atoms with Crippen LogP contribution in [-0.4, -0.2) is 11.7 Å². The summed E-state index contributed by atoms with van der Waals surface area (Å²) in [5, 5.41) is 4.87. The number of benzene rings is 3. The van der Waals surface area contributed by atoms with E-state index in [0.717, 1.165) is 17.9 Å². The van der Waals surface area contributed by atoms with Gasteiger partial charge >= 0.3 is 0 Å². The Morgan fingerprint density at radius 1 is 0.964 bits per heavy atom. The van der Waals surface area contributed by atoms with Crippen molar-refractivity contribution in [3.05, 3.63) is 90.1 Å². The first-order valence-electron chi connectivity index (χ1n) is 9.66. The summed E-state index contributed by atoms with van der Waals surface area (Å²) in [4.78, 5) is 0.